The number of carbonyl (C=O) groups excluding carboxylic acids is 2. The number of hydrogen-bond acceptors (Lipinski definition) is 3. The Morgan fingerprint density at radius 1 is 1.14 bits per heavy atom. The number of pyridine rings is 1. The van der Waals surface area contributed by atoms with Gasteiger partial charge in [0.2, 0.25) is 5.91 Å². The first kappa shape index (κ1) is 18.1. The molecule has 2 saturated heterocycles. The highest BCUT2D eigenvalue weighted by Crippen LogP contribution is 2.63. The largest absolute Gasteiger partial charge is 0.337 e. The standard InChI is InChI=1S/C24H30N2O2/c1-23-10-8-21-18(20(23)6-5-19(23)16-4-3-12-25-15-16)9-13-26-22(28)14-17(27)7-11-24(21,26)2/h3-5,12,15,18,20-21H,6-11,13-14H2,1-2H3/t18-,20?,21-,23+,24+/m0/s1. The second-order valence-electron chi connectivity index (χ2n) is 9.83. The summed E-state index contributed by atoms with van der Waals surface area (Å²) in [6, 6.07) is 4.23. The van der Waals surface area contributed by atoms with Crippen LogP contribution in [0, 0.1) is 23.2 Å². The van der Waals surface area contributed by atoms with Crippen molar-refractivity contribution in [2.24, 2.45) is 23.2 Å². The molecule has 148 valence electrons. The Labute approximate surface area is 167 Å². The van der Waals surface area contributed by atoms with Crippen LogP contribution in [0.4, 0.5) is 0 Å². The average molecular weight is 379 g/mol. The molecule has 2 aliphatic carbocycles. The lowest BCUT2D eigenvalue weighted by molar-refractivity contribution is -0.150. The molecule has 0 spiro atoms. The summed E-state index contributed by atoms with van der Waals surface area (Å²) in [7, 11) is 0. The van der Waals surface area contributed by atoms with Crippen molar-refractivity contribution < 1.29 is 9.59 Å². The molecule has 1 aromatic rings. The molecular weight excluding hydrogens is 348 g/mol. The zero-order valence-corrected chi connectivity index (χ0v) is 17.0. The van der Waals surface area contributed by atoms with E-state index in [0.29, 0.717) is 24.2 Å². The molecule has 3 fully saturated rings. The first-order chi connectivity index (χ1) is 13.4. The first-order valence-corrected chi connectivity index (χ1v) is 10.9. The predicted molar refractivity (Wildman–Crippen MR) is 108 cm³/mol. The molecule has 3 heterocycles. The summed E-state index contributed by atoms with van der Waals surface area (Å²) in [5.74, 6) is 1.97. The van der Waals surface area contributed by atoms with Crippen LogP contribution in [0.1, 0.15) is 64.4 Å². The zero-order valence-electron chi connectivity index (χ0n) is 17.0. The molecule has 5 rings (SSSR count). The molecule has 0 bridgehead atoms. The van der Waals surface area contributed by atoms with E-state index in [0.717, 1.165) is 38.6 Å². The van der Waals surface area contributed by atoms with Crippen molar-refractivity contribution in [3.8, 4) is 0 Å². The second kappa shape index (κ2) is 6.27. The molecule has 0 N–H and O–H groups in total. The van der Waals surface area contributed by atoms with Gasteiger partial charge in [0.15, 0.2) is 0 Å². The van der Waals surface area contributed by atoms with E-state index in [2.05, 4.69) is 35.9 Å². The highest BCUT2D eigenvalue weighted by molar-refractivity contribution is 5.99. The predicted octanol–water partition coefficient (Wildman–Crippen LogP) is 4.26. The van der Waals surface area contributed by atoms with Gasteiger partial charge in [-0.1, -0.05) is 19.1 Å². The van der Waals surface area contributed by atoms with Gasteiger partial charge in [0.1, 0.15) is 5.78 Å². The Morgan fingerprint density at radius 2 is 2.00 bits per heavy atom. The van der Waals surface area contributed by atoms with E-state index < -0.39 is 0 Å². The summed E-state index contributed by atoms with van der Waals surface area (Å²) in [5, 5.41) is 0. The van der Waals surface area contributed by atoms with Crippen LogP contribution < -0.4 is 0 Å². The van der Waals surface area contributed by atoms with Crippen LogP contribution in [0.25, 0.3) is 5.57 Å². The van der Waals surface area contributed by atoms with Crippen molar-refractivity contribution in [1.82, 2.24) is 9.88 Å². The van der Waals surface area contributed by atoms with Gasteiger partial charge in [-0.25, -0.2) is 0 Å². The Balaban J connectivity index is 1.47. The molecule has 1 saturated carbocycles. The molecule has 4 nitrogen and oxygen atoms in total. The number of piperidine rings is 1. The van der Waals surface area contributed by atoms with Crippen molar-refractivity contribution in [1.29, 1.82) is 0 Å². The lowest BCUT2D eigenvalue weighted by Crippen LogP contribution is -2.62. The van der Waals surface area contributed by atoms with Crippen LogP contribution >= 0.6 is 0 Å². The summed E-state index contributed by atoms with van der Waals surface area (Å²) in [4.78, 5) is 31.3. The fourth-order valence-electron chi connectivity index (χ4n) is 7.21. The van der Waals surface area contributed by atoms with Crippen LogP contribution in [-0.2, 0) is 9.59 Å². The molecule has 0 aromatic carbocycles. The second-order valence-corrected chi connectivity index (χ2v) is 9.83. The Bertz CT molecular complexity index is 847. The molecule has 28 heavy (non-hydrogen) atoms. The fraction of sp³-hybridized carbons (Fsp3) is 0.625. The topological polar surface area (TPSA) is 50.3 Å². The minimum Gasteiger partial charge on any atom is -0.337 e. The number of nitrogens with zero attached hydrogens (tertiary/aromatic N) is 2. The maximum atomic E-state index is 12.8. The molecule has 2 aliphatic heterocycles. The van der Waals surface area contributed by atoms with E-state index >= 15 is 0 Å². The number of ketones is 1. The SMILES string of the molecule is C[C@]12CC[C@H]3[C@@H](CCN4C(=O)CC(=O)CC[C@]34C)C1CC=C2c1cccnc1. The smallest absolute Gasteiger partial charge is 0.230 e. The summed E-state index contributed by atoms with van der Waals surface area (Å²) in [5.41, 5.74) is 2.80. The van der Waals surface area contributed by atoms with Gasteiger partial charge in [-0.2, -0.15) is 0 Å². The van der Waals surface area contributed by atoms with Crippen LogP contribution in [0.2, 0.25) is 0 Å². The maximum absolute atomic E-state index is 12.8. The number of allylic oxidation sites excluding steroid dienone is 2. The van der Waals surface area contributed by atoms with Crippen molar-refractivity contribution in [3.63, 3.8) is 0 Å². The highest BCUT2D eigenvalue weighted by atomic mass is 16.2. The number of Topliss-reactive ketones (excluding diaryl/α,β-unsaturated/α-hetero) is 1. The molecule has 1 amide bonds. The molecule has 0 radical (unpaired) electrons. The number of amides is 1. The van der Waals surface area contributed by atoms with Gasteiger partial charge in [0, 0.05) is 30.9 Å². The minimum absolute atomic E-state index is 0.0670. The molecule has 4 aliphatic rings. The number of hydrogen-bond donors (Lipinski definition) is 0. The number of aromatic nitrogens is 1. The lowest BCUT2D eigenvalue weighted by atomic mass is 9.52. The third-order valence-corrected chi connectivity index (χ3v) is 8.65. The normalized spacial score (nSPS) is 40.3. The van der Waals surface area contributed by atoms with Gasteiger partial charge in [0.25, 0.3) is 0 Å². The van der Waals surface area contributed by atoms with E-state index in [1.54, 1.807) is 0 Å². The number of fused-ring (bicyclic) bond motifs is 5. The minimum atomic E-state index is -0.148. The van der Waals surface area contributed by atoms with Crippen molar-refractivity contribution in [3.05, 3.63) is 36.2 Å². The molecule has 1 aromatic heterocycles. The van der Waals surface area contributed by atoms with Crippen molar-refractivity contribution in [2.75, 3.05) is 6.54 Å². The van der Waals surface area contributed by atoms with Crippen LogP contribution in [0.5, 0.6) is 0 Å². The van der Waals surface area contributed by atoms with Gasteiger partial charge in [-0.05, 0) is 79.4 Å². The Hall–Kier alpha value is -1.97. The summed E-state index contributed by atoms with van der Waals surface area (Å²) >= 11 is 0. The summed E-state index contributed by atoms with van der Waals surface area (Å²) < 4.78 is 0. The third kappa shape index (κ3) is 2.46. The molecule has 1 unspecified atom stereocenters. The van der Waals surface area contributed by atoms with Crippen LogP contribution in [0.3, 0.4) is 0 Å². The average Bonchev–Trinajstić information content (AvgIpc) is 2.99. The first-order valence-electron chi connectivity index (χ1n) is 10.9. The third-order valence-electron chi connectivity index (χ3n) is 8.65. The van der Waals surface area contributed by atoms with Crippen molar-refractivity contribution in [2.45, 2.75) is 64.3 Å². The van der Waals surface area contributed by atoms with E-state index in [9.17, 15) is 9.59 Å². The van der Waals surface area contributed by atoms with E-state index in [4.69, 9.17) is 0 Å². The quantitative estimate of drug-likeness (QED) is 0.686. The summed E-state index contributed by atoms with van der Waals surface area (Å²) in [6.07, 6.45) is 12.3. The van der Waals surface area contributed by atoms with Gasteiger partial charge >= 0.3 is 0 Å². The van der Waals surface area contributed by atoms with Gasteiger partial charge < -0.3 is 4.90 Å². The van der Waals surface area contributed by atoms with Crippen LogP contribution in [0.15, 0.2) is 30.6 Å². The van der Waals surface area contributed by atoms with Crippen molar-refractivity contribution >= 4 is 17.3 Å². The Kier molecular flexibility index (Phi) is 4.05. The van der Waals surface area contributed by atoms with Gasteiger partial charge in [-0.15, -0.1) is 0 Å². The lowest BCUT2D eigenvalue weighted by Gasteiger charge is -2.59. The Morgan fingerprint density at radius 3 is 2.79 bits per heavy atom. The van der Waals surface area contributed by atoms with E-state index in [1.165, 1.54) is 11.1 Å². The highest BCUT2D eigenvalue weighted by Gasteiger charge is 2.58. The van der Waals surface area contributed by atoms with Crippen LogP contribution in [-0.4, -0.2) is 33.7 Å². The van der Waals surface area contributed by atoms with Gasteiger partial charge in [-0.3, -0.25) is 14.6 Å². The molecule has 4 heteroatoms. The van der Waals surface area contributed by atoms with E-state index in [-0.39, 0.29) is 29.1 Å². The summed E-state index contributed by atoms with van der Waals surface area (Å²) in [6.45, 7) is 5.54. The number of carbonyl (C=O) groups is 2. The van der Waals surface area contributed by atoms with E-state index in [1.807, 2.05) is 18.5 Å². The van der Waals surface area contributed by atoms with Gasteiger partial charge in [0.05, 0.1) is 6.42 Å². The zero-order chi connectivity index (χ0) is 19.5. The molecular formula is C24H30N2O2. The maximum Gasteiger partial charge on any atom is 0.230 e. The monoisotopic (exact) mass is 378 g/mol. The fourth-order valence-corrected chi connectivity index (χ4v) is 7.21. The number of rotatable bonds is 1. The molecule has 5 atom stereocenters.